The van der Waals surface area contributed by atoms with E-state index in [1.807, 2.05) is 0 Å². The first-order valence-electron chi connectivity index (χ1n) is 4.81. The SMILES string of the molecule is Cc1cc(CBr)cc(N(C)S(=O)(=O)C(F)(F)F)c1. The smallest absolute Gasteiger partial charge is 0.266 e. The Morgan fingerprint density at radius 1 is 1.28 bits per heavy atom. The maximum absolute atomic E-state index is 12.4. The van der Waals surface area contributed by atoms with Gasteiger partial charge in [-0.3, -0.25) is 4.31 Å². The molecule has 0 amide bonds. The Balaban J connectivity index is 3.27. The van der Waals surface area contributed by atoms with Gasteiger partial charge in [-0.25, -0.2) is 0 Å². The Kier molecular flexibility index (Phi) is 4.32. The summed E-state index contributed by atoms with van der Waals surface area (Å²) >= 11 is 3.17. The van der Waals surface area contributed by atoms with Crippen molar-refractivity contribution in [1.82, 2.24) is 0 Å². The van der Waals surface area contributed by atoms with Crippen molar-refractivity contribution in [3.05, 3.63) is 29.3 Å². The summed E-state index contributed by atoms with van der Waals surface area (Å²) in [6.45, 7) is 1.68. The van der Waals surface area contributed by atoms with Gasteiger partial charge in [0.2, 0.25) is 0 Å². The van der Waals surface area contributed by atoms with Gasteiger partial charge in [0.1, 0.15) is 0 Å². The molecule has 0 unspecified atom stereocenters. The summed E-state index contributed by atoms with van der Waals surface area (Å²) in [7, 11) is -4.47. The number of halogens is 4. The van der Waals surface area contributed by atoms with Crippen molar-refractivity contribution < 1.29 is 21.6 Å². The number of benzene rings is 1. The Bertz CT molecular complexity index is 543. The zero-order valence-electron chi connectivity index (χ0n) is 9.62. The average molecular weight is 346 g/mol. The van der Waals surface area contributed by atoms with Crippen LogP contribution in [0.25, 0.3) is 0 Å². The molecule has 0 aliphatic carbocycles. The number of aryl methyl sites for hydroxylation is 1. The molecule has 8 heteroatoms. The summed E-state index contributed by atoms with van der Waals surface area (Å²) in [5.41, 5.74) is -3.93. The Morgan fingerprint density at radius 3 is 2.28 bits per heavy atom. The van der Waals surface area contributed by atoms with Gasteiger partial charge in [-0.05, 0) is 30.2 Å². The van der Waals surface area contributed by atoms with Crippen LogP contribution in [0.2, 0.25) is 0 Å². The van der Waals surface area contributed by atoms with Crippen LogP contribution < -0.4 is 4.31 Å². The summed E-state index contributed by atoms with van der Waals surface area (Å²) in [6, 6.07) is 4.53. The van der Waals surface area contributed by atoms with Crippen LogP contribution in [0.4, 0.5) is 18.9 Å². The molecule has 0 aliphatic heterocycles. The highest BCUT2D eigenvalue weighted by molar-refractivity contribution is 9.08. The van der Waals surface area contributed by atoms with Gasteiger partial charge in [-0.15, -0.1) is 0 Å². The monoisotopic (exact) mass is 345 g/mol. The minimum absolute atomic E-state index is 0.0122. The number of hydrogen-bond donors (Lipinski definition) is 0. The molecule has 0 aliphatic rings. The average Bonchev–Trinajstić information content (AvgIpc) is 2.25. The van der Waals surface area contributed by atoms with E-state index >= 15 is 0 Å². The molecule has 0 N–H and O–H groups in total. The van der Waals surface area contributed by atoms with Crippen LogP contribution in [0.5, 0.6) is 0 Å². The van der Waals surface area contributed by atoms with Crippen LogP contribution in [-0.4, -0.2) is 21.0 Å². The molecular formula is C10H11BrF3NO2S. The van der Waals surface area contributed by atoms with Crippen molar-refractivity contribution in [2.24, 2.45) is 0 Å². The van der Waals surface area contributed by atoms with Crippen molar-refractivity contribution in [3.8, 4) is 0 Å². The number of rotatable bonds is 3. The summed E-state index contributed by atoms with van der Waals surface area (Å²) in [4.78, 5) is 0. The Labute approximate surface area is 112 Å². The lowest BCUT2D eigenvalue weighted by molar-refractivity contribution is -0.0437. The van der Waals surface area contributed by atoms with Crippen molar-refractivity contribution in [3.63, 3.8) is 0 Å². The van der Waals surface area contributed by atoms with E-state index in [2.05, 4.69) is 15.9 Å². The minimum atomic E-state index is -5.35. The highest BCUT2D eigenvalue weighted by Gasteiger charge is 2.49. The zero-order valence-corrected chi connectivity index (χ0v) is 12.0. The van der Waals surface area contributed by atoms with E-state index in [1.54, 1.807) is 13.0 Å². The molecule has 1 rings (SSSR count). The van der Waals surface area contributed by atoms with Crippen LogP contribution in [0, 0.1) is 6.92 Å². The summed E-state index contributed by atoms with van der Waals surface area (Å²) in [5.74, 6) is 0. The lowest BCUT2D eigenvalue weighted by Gasteiger charge is -2.21. The van der Waals surface area contributed by atoms with Gasteiger partial charge in [0.25, 0.3) is 0 Å². The summed E-state index contributed by atoms with van der Waals surface area (Å²) < 4.78 is 60.0. The minimum Gasteiger partial charge on any atom is -0.266 e. The first-order chi connectivity index (χ1) is 8.09. The quantitative estimate of drug-likeness (QED) is 0.789. The van der Waals surface area contributed by atoms with Crippen molar-refractivity contribution in [1.29, 1.82) is 0 Å². The topological polar surface area (TPSA) is 37.4 Å². The largest absolute Gasteiger partial charge is 0.516 e. The van der Waals surface area contributed by atoms with E-state index in [0.717, 1.165) is 7.05 Å². The lowest BCUT2D eigenvalue weighted by Crippen LogP contribution is -2.38. The van der Waals surface area contributed by atoms with Crippen molar-refractivity contribution >= 4 is 31.6 Å². The third kappa shape index (κ3) is 2.97. The standard InChI is InChI=1S/C10H11BrF3NO2S/c1-7-3-8(6-11)5-9(4-7)15(2)18(16,17)10(12,13)14/h3-5H,6H2,1-2H3. The first kappa shape index (κ1) is 15.3. The fraction of sp³-hybridized carbons (Fsp3) is 0.400. The van der Waals surface area contributed by atoms with Gasteiger partial charge in [0, 0.05) is 12.4 Å². The number of sulfonamides is 1. The van der Waals surface area contributed by atoms with E-state index in [1.165, 1.54) is 12.1 Å². The fourth-order valence-corrected chi connectivity index (χ4v) is 2.41. The van der Waals surface area contributed by atoms with E-state index in [-0.39, 0.29) is 9.99 Å². The summed E-state index contributed by atoms with van der Waals surface area (Å²) in [5, 5.41) is 0.432. The summed E-state index contributed by atoms with van der Waals surface area (Å²) in [6.07, 6.45) is 0. The molecule has 3 nitrogen and oxygen atoms in total. The first-order valence-corrected chi connectivity index (χ1v) is 7.37. The van der Waals surface area contributed by atoms with Crippen molar-refractivity contribution in [2.45, 2.75) is 17.8 Å². The molecule has 0 spiro atoms. The second-order valence-corrected chi connectivity index (χ2v) is 6.25. The maximum atomic E-state index is 12.4. The maximum Gasteiger partial charge on any atom is 0.516 e. The van der Waals surface area contributed by atoms with Gasteiger partial charge < -0.3 is 0 Å². The number of nitrogens with zero attached hydrogens (tertiary/aromatic N) is 1. The normalized spacial score (nSPS) is 12.6. The van der Waals surface area contributed by atoms with Crippen LogP contribution in [0.3, 0.4) is 0 Å². The van der Waals surface area contributed by atoms with E-state index < -0.39 is 15.5 Å². The van der Waals surface area contributed by atoms with E-state index in [0.29, 0.717) is 16.5 Å². The van der Waals surface area contributed by atoms with Crippen LogP contribution >= 0.6 is 15.9 Å². The molecule has 102 valence electrons. The molecule has 1 aromatic rings. The lowest BCUT2D eigenvalue weighted by atomic mass is 10.1. The van der Waals surface area contributed by atoms with Crippen molar-refractivity contribution in [2.75, 3.05) is 11.4 Å². The van der Waals surface area contributed by atoms with E-state index in [4.69, 9.17) is 0 Å². The predicted octanol–water partition coefficient (Wildman–Crippen LogP) is 3.18. The molecule has 0 bridgehead atoms. The number of alkyl halides is 4. The molecule has 0 fully saturated rings. The van der Waals surface area contributed by atoms with Crippen LogP contribution in [0.15, 0.2) is 18.2 Å². The van der Waals surface area contributed by atoms with Gasteiger partial charge >= 0.3 is 15.5 Å². The van der Waals surface area contributed by atoms with Gasteiger partial charge in [-0.1, -0.05) is 22.0 Å². The molecule has 18 heavy (non-hydrogen) atoms. The fourth-order valence-electron chi connectivity index (χ4n) is 1.39. The van der Waals surface area contributed by atoms with E-state index in [9.17, 15) is 21.6 Å². The third-order valence-electron chi connectivity index (χ3n) is 2.29. The second kappa shape index (κ2) is 5.08. The molecule has 0 aromatic heterocycles. The third-order valence-corrected chi connectivity index (χ3v) is 4.46. The molecule has 1 aromatic carbocycles. The predicted molar refractivity (Wildman–Crippen MR) is 67.2 cm³/mol. The highest BCUT2D eigenvalue weighted by atomic mass is 79.9. The molecule has 0 radical (unpaired) electrons. The van der Waals surface area contributed by atoms with Gasteiger partial charge in [0.15, 0.2) is 0 Å². The molecule has 0 heterocycles. The van der Waals surface area contributed by atoms with Crippen LogP contribution in [0.1, 0.15) is 11.1 Å². The van der Waals surface area contributed by atoms with Gasteiger partial charge in [0.05, 0.1) is 5.69 Å². The molecule has 0 atom stereocenters. The van der Waals surface area contributed by atoms with Gasteiger partial charge in [-0.2, -0.15) is 21.6 Å². The Morgan fingerprint density at radius 2 is 1.83 bits per heavy atom. The molecular weight excluding hydrogens is 335 g/mol. The second-order valence-electron chi connectivity index (χ2n) is 3.73. The molecule has 0 saturated carbocycles. The van der Waals surface area contributed by atoms with Crippen LogP contribution in [-0.2, 0) is 15.4 Å². The number of hydrogen-bond acceptors (Lipinski definition) is 2. The zero-order chi connectivity index (χ0) is 14.1. The highest BCUT2D eigenvalue weighted by Crippen LogP contribution is 2.30. The number of anilines is 1. The Hall–Kier alpha value is -0.760. The molecule has 0 saturated heterocycles.